The summed E-state index contributed by atoms with van der Waals surface area (Å²) in [6.07, 6.45) is 4.23. The number of halogens is 1. The monoisotopic (exact) mass is 571 g/mol. The summed E-state index contributed by atoms with van der Waals surface area (Å²) in [6.45, 7) is 9.24. The van der Waals surface area contributed by atoms with Crippen molar-refractivity contribution in [3.05, 3.63) is 71.1 Å². The van der Waals surface area contributed by atoms with E-state index in [1.807, 2.05) is 75.5 Å². The van der Waals surface area contributed by atoms with E-state index >= 15 is 0 Å². The summed E-state index contributed by atoms with van der Waals surface area (Å²) in [6, 6.07) is 16.0. The second-order valence-electron chi connectivity index (χ2n) is 10.1. The van der Waals surface area contributed by atoms with Crippen molar-refractivity contribution in [1.82, 2.24) is 30.1 Å². The zero-order valence-corrected chi connectivity index (χ0v) is 24.2. The van der Waals surface area contributed by atoms with Gasteiger partial charge in [0, 0.05) is 72.7 Å². The van der Waals surface area contributed by atoms with E-state index in [-0.39, 0.29) is 6.01 Å². The van der Waals surface area contributed by atoms with Gasteiger partial charge in [0.05, 0.1) is 5.02 Å². The van der Waals surface area contributed by atoms with Crippen molar-refractivity contribution in [2.45, 2.75) is 39.5 Å². The number of piperazine rings is 1. The number of H-pyrrole nitrogens is 2. The first-order chi connectivity index (χ1) is 20.1. The fourth-order valence-electron chi connectivity index (χ4n) is 4.99. The number of hydrogen-bond acceptors (Lipinski definition) is 8. The van der Waals surface area contributed by atoms with Gasteiger partial charge in [-0.3, -0.25) is 5.10 Å². The molecule has 41 heavy (non-hydrogen) atoms. The summed E-state index contributed by atoms with van der Waals surface area (Å²) in [4.78, 5) is 21.8. The van der Waals surface area contributed by atoms with Crippen molar-refractivity contribution in [3.63, 3.8) is 0 Å². The molecule has 1 saturated carbocycles. The molecule has 1 aromatic carbocycles. The smallest absolute Gasteiger partial charge is 0.325 e. The maximum Gasteiger partial charge on any atom is 0.325 e. The number of nitrogens with one attached hydrogen (secondary N) is 3. The Morgan fingerprint density at radius 1 is 0.927 bits per heavy atom. The molecular weight excluding hydrogens is 538 g/mol. The Hall–Kier alpha value is -4.31. The van der Waals surface area contributed by atoms with Crippen LogP contribution >= 0.6 is 11.6 Å². The van der Waals surface area contributed by atoms with Crippen LogP contribution in [0.4, 0.5) is 23.3 Å². The predicted molar refractivity (Wildman–Crippen MR) is 164 cm³/mol. The summed E-state index contributed by atoms with van der Waals surface area (Å²) in [5.74, 6) is 4.16. The molecule has 212 valence electrons. The lowest BCUT2D eigenvalue weighted by Crippen LogP contribution is -2.47. The number of hydrogen-bond donors (Lipinski definition) is 3. The minimum Gasteiger partial charge on any atom is -0.423 e. The fraction of sp³-hybridized carbons (Fsp3) is 0.333. The standard InChI is InChI=1S/C28H28ClN9O.C2H6/c1-17-14-19-20(31-17)7-8-22(27(19)29)39-28-33-23(32-24-15-21(35-36-24)18-5-6-18)16-26(34-28)38-12-10-37(11-13-38)25-4-2-3-9-30-25;1-2/h2-4,7-9,14-16,18,31H,5-6,10-13H2,1H3,(H2,32,33,34,35,36);1-2H3. The topological polar surface area (TPSA) is 111 Å². The average Bonchev–Trinajstić information content (AvgIpc) is 3.63. The van der Waals surface area contributed by atoms with Gasteiger partial charge >= 0.3 is 6.01 Å². The average molecular weight is 572 g/mol. The highest BCUT2D eigenvalue weighted by atomic mass is 35.5. The van der Waals surface area contributed by atoms with Gasteiger partial charge in [-0.15, -0.1) is 0 Å². The molecule has 7 rings (SSSR count). The van der Waals surface area contributed by atoms with E-state index in [2.05, 4.69) is 40.3 Å². The van der Waals surface area contributed by atoms with Gasteiger partial charge in [0.1, 0.15) is 23.2 Å². The van der Waals surface area contributed by atoms with Gasteiger partial charge in [-0.2, -0.15) is 15.1 Å². The predicted octanol–water partition coefficient (Wildman–Crippen LogP) is 6.80. The minimum atomic E-state index is 0.216. The van der Waals surface area contributed by atoms with E-state index in [0.717, 1.165) is 65.9 Å². The molecular formula is C30H34ClN9O. The SMILES string of the molecule is CC.Cc1cc2c(Cl)c(Oc3nc(Nc4cc(C5CC5)[nH]n4)cc(N4CCN(c5ccccn5)CC4)n3)ccc2[nH]1. The summed E-state index contributed by atoms with van der Waals surface area (Å²) in [5.41, 5.74) is 3.14. The molecule has 3 N–H and O–H groups in total. The van der Waals surface area contributed by atoms with Crippen molar-refractivity contribution in [3.8, 4) is 11.8 Å². The highest BCUT2D eigenvalue weighted by molar-refractivity contribution is 6.37. The van der Waals surface area contributed by atoms with Crippen LogP contribution in [0.15, 0.2) is 54.7 Å². The second-order valence-corrected chi connectivity index (χ2v) is 10.4. The number of fused-ring (bicyclic) bond motifs is 1. The molecule has 11 heteroatoms. The molecule has 10 nitrogen and oxygen atoms in total. The van der Waals surface area contributed by atoms with Crippen molar-refractivity contribution in [2.24, 2.45) is 0 Å². The number of rotatable bonds is 7. The Bertz CT molecular complexity index is 1620. The number of nitrogens with zero attached hydrogens (tertiary/aromatic N) is 6. The van der Waals surface area contributed by atoms with Crippen molar-refractivity contribution >= 4 is 45.8 Å². The molecule has 0 unspecified atom stereocenters. The molecule has 2 aliphatic rings. The largest absolute Gasteiger partial charge is 0.423 e. The number of pyridine rings is 1. The van der Waals surface area contributed by atoms with Crippen LogP contribution in [0.1, 0.15) is 44.0 Å². The number of benzene rings is 1. The number of aromatic amines is 2. The third-order valence-electron chi connectivity index (χ3n) is 7.18. The van der Waals surface area contributed by atoms with Crippen LogP contribution in [0.3, 0.4) is 0 Å². The van der Waals surface area contributed by atoms with Gasteiger partial charge in [0.15, 0.2) is 5.82 Å². The molecule has 2 fully saturated rings. The van der Waals surface area contributed by atoms with Crippen molar-refractivity contribution in [2.75, 3.05) is 41.3 Å². The zero-order valence-electron chi connectivity index (χ0n) is 23.5. The van der Waals surface area contributed by atoms with Gasteiger partial charge in [0.2, 0.25) is 0 Å². The molecule has 1 aliphatic carbocycles. The van der Waals surface area contributed by atoms with Gasteiger partial charge in [-0.05, 0) is 50.1 Å². The van der Waals surface area contributed by atoms with E-state index in [1.54, 1.807) is 0 Å². The first-order valence-electron chi connectivity index (χ1n) is 14.2. The molecule has 1 aliphatic heterocycles. The van der Waals surface area contributed by atoms with Crippen LogP contribution in [0, 0.1) is 6.92 Å². The van der Waals surface area contributed by atoms with Crippen LogP contribution < -0.4 is 19.9 Å². The summed E-state index contributed by atoms with van der Waals surface area (Å²) < 4.78 is 6.20. The van der Waals surface area contributed by atoms with Crippen LogP contribution in [-0.4, -0.2) is 56.3 Å². The molecule has 4 aromatic heterocycles. The molecule has 0 spiro atoms. The number of anilines is 4. The Kier molecular flexibility index (Phi) is 7.65. The molecule has 1 saturated heterocycles. The lowest BCUT2D eigenvalue weighted by Gasteiger charge is -2.36. The van der Waals surface area contributed by atoms with Crippen LogP contribution in [0.5, 0.6) is 11.8 Å². The maximum absolute atomic E-state index is 6.72. The quantitative estimate of drug-likeness (QED) is 0.195. The van der Waals surface area contributed by atoms with Crippen LogP contribution in [-0.2, 0) is 0 Å². The number of aryl methyl sites for hydroxylation is 1. The maximum atomic E-state index is 6.72. The van der Waals surface area contributed by atoms with Crippen molar-refractivity contribution < 1.29 is 4.74 Å². The first-order valence-corrected chi connectivity index (χ1v) is 14.5. The number of ether oxygens (including phenoxy) is 1. The molecule has 0 radical (unpaired) electrons. The van der Waals surface area contributed by atoms with E-state index in [1.165, 1.54) is 12.8 Å². The lowest BCUT2D eigenvalue weighted by atomic mass is 10.2. The van der Waals surface area contributed by atoms with Gasteiger partial charge in [-0.1, -0.05) is 31.5 Å². The molecule has 0 bridgehead atoms. The lowest BCUT2D eigenvalue weighted by molar-refractivity contribution is 0.443. The normalized spacial score (nSPS) is 15.0. The Labute approximate surface area is 244 Å². The Morgan fingerprint density at radius 2 is 1.71 bits per heavy atom. The molecule has 5 heterocycles. The van der Waals surface area contributed by atoms with Crippen LogP contribution in [0.25, 0.3) is 10.9 Å². The Balaban J connectivity index is 0.00000148. The highest BCUT2D eigenvalue weighted by Gasteiger charge is 2.26. The molecule has 0 amide bonds. The summed E-state index contributed by atoms with van der Waals surface area (Å²) in [5, 5.41) is 12.3. The van der Waals surface area contributed by atoms with Gasteiger partial charge in [-0.25, -0.2) is 4.98 Å². The van der Waals surface area contributed by atoms with Crippen molar-refractivity contribution in [1.29, 1.82) is 0 Å². The van der Waals surface area contributed by atoms with Crippen LogP contribution in [0.2, 0.25) is 5.02 Å². The highest BCUT2D eigenvalue weighted by Crippen LogP contribution is 2.40. The van der Waals surface area contributed by atoms with Gasteiger partial charge in [0.25, 0.3) is 0 Å². The zero-order chi connectivity index (χ0) is 28.3. The third kappa shape index (κ3) is 5.92. The fourth-order valence-corrected chi connectivity index (χ4v) is 5.25. The Morgan fingerprint density at radius 3 is 2.44 bits per heavy atom. The van der Waals surface area contributed by atoms with E-state index in [4.69, 9.17) is 21.3 Å². The number of aromatic nitrogens is 6. The summed E-state index contributed by atoms with van der Waals surface area (Å²) in [7, 11) is 0. The molecule has 0 atom stereocenters. The van der Waals surface area contributed by atoms with E-state index in [9.17, 15) is 0 Å². The minimum absolute atomic E-state index is 0.216. The van der Waals surface area contributed by atoms with Gasteiger partial charge < -0.3 is 24.8 Å². The second kappa shape index (κ2) is 11.7. The summed E-state index contributed by atoms with van der Waals surface area (Å²) >= 11 is 6.72. The molecule has 5 aromatic rings. The van der Waals surface area contributed by atoms with E-state index < -0.39 is 0 Å². The van der Waals surface area contributed by atoms with E-state index in [0.29, 0.717) is 22.5 Å². The third-order valence-corrected chi connectivity index (χ3v) is 7.57. The first kappa shape index (κ1) is 26.9.